The molecule has 3 nitrogen and oxygen atoms in total. The van der Waals surface area contributed by atoms with Crippen LogP contribution in [-0.4, -0.2) is 34.7 Å². The zero-order valence-corrected chi connectivity index (χ0v) is 13.1. The molecule has 1 aromatic rings. The van der Waals surface area contributed by atoms with Crippen LogP contribution in [0.4, 0.5) is 0 Å². The molecule has 0 aromatic heterocycles. The summed E-state index contributed by atoms with van der Waals surface area (Å²) in [4.78, 5) is 12.3. The van der Waals surface area contributed by atoms with Crippen LogP contribution in [0, 0.1) is 11.8 Å². The molecule has 2 unspecified atom stereocenters. The molecule has 1 fully saturated rings. The second-order valence-electron chi connectivity index (χ2n) is 5.04. The van der Waals surface area contributed by atoms with E-state index in [1.54, 1.807) is 12.1 Å². The Balaban J connectivity index is 1.96. The van der Waals surface area contributed by atoms with E-state index in [4.69, 9.17) is 5.11 Å². The summed E-state index contributed by atoms with van der Waals surface area (Å²) in [5.74, 6) is 6.50. The largest absolute Gasteiger partial charge is 0.384 e. The van der Waals surface area contributed by atoms with Crippen molar-refractivity contribution < 1.29 is 9.90 Å². The van der Waals surface area contributed by atoms with Gasteiger partial charge in [-0.05, 0) is 42.9 Å². The first-order valence-electron chi connectivity index (χ1n) is 7.37. The van der Waals surface area contributed by atoms with Crippen LogP contribution in [0.1, 0.15) is 42.1 Å². The third-order valence-corrected chi connectivity index (χ3v) is 4.93. The molecule has 21 heavy (non-hydrogen) atoms. The highest BCUT2D eigenvalue weighted by atomic mass is 32.2. The van der Waals surface area contributed by atoms with E-state index in [9.17, 15) is 4.79 Å². The van der Waals surface area contributed by atoms with Gasteiger partial charge in [-0.1, -0.05) is 25.2 Å². The SMILES string of the molecule is CCSC1CCCC1NC(=O)c1ccc(C#CCO)cc1. The van der Waals surface area contributed by atoms with Gasteiger partial charge in [0.1, 0.15) is 6.61 Å². The molecule has 0 saturated heterocycles. The maximum Gasteiger partial charge on any atom is 0.251 e. The van der Waals surface area contributed by atoms with E-state index in [0.29, 0.717) is 10.8 Å². The lowest BCUT2D eigenvalue weighted by Gasteiger charge is -2.20. The summed E-state index contributed by atoms with van der Waals surface area (Å²) in [5, 5.41) is 12.4. The normalized spacial score (nSPS) is 20.7. The fraction of sp³-hybridized carbons (Fsp3) is 0.471. The molecular formula is C17H21NO2S. The molecule has 0 heterocycles. The van der Waals surface area contributed by atoms with Crippen molar-refractivity contribution in [3.05, 3.63) is 35.4 Å². The number of hydrogen-bond acceptors (Lipinski definition) is 3. The quantitative estimate of drug-likeness (QED) is 0.840. The number of amides is 1. The van der Waals surface area contributed by atoms with Gasteiger partial charge in [-0.25, -0.2) is 0 Å². The summed E-state index contributed by atoms with van der Waals surface area (Å²) in [6.07, 6.45) is 3.46. The van der Waals surface area contributed by atoms with E-state index in [1.165, 1.54) is 12.8 Å². The molecule has 0 bridgehead atoms. The van der Waals surface area contributed by atoms with E-state index in [-0.39, 0.29) is 18.6 Å². The number of rotatable bonds is 4. The smallest absolute Gasteiger partial charge is 0.251 e. The van der Waals surface area contributed by atoms with E-state index >= 15 is 0 Å². The van der Waals surface area contributed by atoms with E-state index < -0.39 is 0 Å². The molecule has 0 radical (unpaired) electrons. The molecule has 1 aliphatic rings. The van der Waals surface area contributed by atoms with Crippen LogP contribution in [0.2, 0.25) is 0 Å². The van der Waals surface area contributed by atoms with Gasteiger partial charge in [0.25, 0.3) is 5.91 Å². The van der Waals surface area contributed by atoms with E-state index in [2.05, 4.69) is 24.1 Å². The molecule has 2 rings (SSSR count). The first-order valence-corrected chi connectivity index (χ1v) is 8.41. The van der Waals surface area contributed by atoms with Gasteiger partial charge in [0, 0.05) is 22.4 Å². The van der Waals surface area contributed by atoms with Crippen molar-refractivity contribution in [2.75, 3.05) is 12.4 Å². The van der Waals surface area contributed by atoms with Gasteiger partial charge in [0.2, 0.25) is 0 Å². The average molecular weight is 303 g/mol. The summed E-state index contributed by atoms with van der Waals surface area (Å²) >= 11 is 1.94. The minimum Gasteiger partial charge on any atom is -0.384 e. The van der Waals surface area contributed by atoms with Gasteiger partial charge in [-0.2, -0.15) is 11.8 Å². The number of carbonyl (C=O) groups is 1. The van der Waals surface area contributed by atoms with Crippen molar-refractivity contribution >= 4 is 17.7 Å². The predicted molar refractivity (Wildman–Crippen MR) is 87.4 cm³/mol. The molecule has 2 atom stereocenters. The molecular weight excluding hydrogens is 282 g/mol. The summed E-state index contributed by atoms with van der Waals surface area (Å²) in [6, 6.07) is 7.48. The number of benzene rings is 1. The van der Waals surface area contributed by atoms with Crippen molar-refractivity contribution in [3.63, 3.8) is 0 Å². The lowest BCUT2D eigenvalue weighted by molar-refractivity contribution is 0.0938. The molecule has 1 aliphatic carbocycles. The van der Waals surface area contributed by atoms with Crippen LogP contribution >= 0.6 is 11.8 Å². The van der Waals surface area contributed by atoms with Crippen molar-refractivity contribution in [2.45, 2.75) is 37.5 Å². The Labute approximate surface area is 130 Å². The van der Waals surface area contributed by atoms with Crippen molar-refractivity contribution in [1.82, 2.24) is 5.32 Å². The Kier molecular flexibility index (Phi) is 6.16. The number of thioether (sulfide) groups is 1. The fourth-order valence-corrected chi connectivity index (χ4v) is 3.80. The Morgan fingerprint density at radius 1 is 1.38 bits per heavy atom. The minimum absolute atomic E-state index is 0.00901. The zero-order chi connectivity index (χ0) is 15.1. The maximum atomic E-state index is 12.3. The molecule has 4 heteroatoms. The topological polar surface area (TPSA) is 49.3 Å². The first kappa shape index (κ1) is 15.9. The molecule has 1 aromatic carbocycles. The van der Waals surface area contributed by atoms with Gasteiger partial charge in [-0.3, -0.25) is 4.79 Å². The van der Waals surface area contributed by atoms with Crippen molar-refractivity contribution in [2.24, 2.45) is 0 Å². The molecule has 0 aliphatic heterocycles. The number of aliphatic hydroxyl groups excluding tert-OH is 1. The Morgan fingerprint density at radius 3 is 2.81 bits per heavy atom. The number of hydrogen-bond donors (Lipinski definition) is 2. The van der Waals surface area contributed by atoms with Crippen LogP contribution in [0.25, 0.3) is 0 Å². The highest BCUT2D eigenvalue weighted by Crippen LogP contribution is 2.30. The Morgan fingerprint density at radius 2 is 2.14 bits per heavy atom. The second-order valence-corrected chi connectivity index (χ2v) is 6.56. The van der Waals surface area contributed by atoms with Gasteiger partial charge in [-0.15, -0.1) is 0 Å². The number of nitrogens with one attached hydrogen (secondary N) is 1. The number of aliphatic hydroxyl groups is 1. The summed E-state index contributed by atoms with van der Waals surface area (Å²) in [5.41, 5.74) is 1.47. The fourth-order valence-electron chi connectivity index (χ4n) is 2.60. The molecule has 2 N–H and O–H groups in total. The van der Waals surface area contributed by atoms with Crippen LogP contribution in [0.3, 0.4) is 0 Å². The second kappa shape index (κ2) is 8.11. The molecule has 0 spiro atoms. The third-order valence-electron chi connectivity index (χ3n) is 3.61. The highest BCUT2D eigenvalue weighted by Gasteiger charge is 2.28. The van der Waals surface area contributed by atoms with Crippen molar-refractivity contribution in [3.8, 4) is 11.8 Å². The lowest BCUT2D eigenvalue weighted by Crippen LogP contribution is -2.38. The van der Waals surface area contributed by atoms with Crippen molar-refractivity contribution in [1.29, 1.82) is 0 Å². The third kappa shape index (κ3) is 4.52. The van der Waals surface area contributed by atoms with E-state index in [1.807, 2.05) is 23.9 Å². The van der Waals surface area contributed by atoms with Gasteiger partial charge < -0.3 is 10.4 Å². The highest BCUT2D eigenvalue weighted by molar-refractivity contribution is 7.99. The Bertz CT molecular complexity index is 530. The summed E-state index contributed by atoms with van der Waals surface area (Å²) in [6.45, 7) is 2.01. The number of carbonyl (C=O) groups excluding carboxylic acids is 1. The monoisotopic (exact) mass is 303 g/mol. The zero-order valence-electron chi connectivity index (χ0n) is 12.3. The minimum atomic E-state index is -0.152. The van der Waals surface area contributed by atoms with Crippen LogP contribution in [0.15, 0.2) is 24.3 Å². The van der Waals surface area contributed by atoms with Gasteiger partial charge in [0.05, 0.1) is 0 Å². The maximum absolute atomic E-state index is 12.3. The van der Waals surface area contributed by atoms with Crippen LogP contribution in [0.5, 0.6) is 0 Å². The molecule has 1 saturated carbocycles. The Hall–Kier alpha value is -1.44. The van der Waals surface area contributed by atoms with Gasteiger partial charge >= 0.3 is 0 Å². The molecule has 112 valence electrons. The standard InChI is InChI=1S/C17H21NO2S/c1-2-21-16-7-3-6-15(16)18-17(20)14-10-8-13(9-11-14)5-4-12-19/h8-11,15-16,19H,2-3,6-7,12H2,1H3,(H,18,20). The predicted octanol–water partition coefficient (Wildman–Crippen LogP) is 2.43. The lowest BCUT2D eigenvalue weighted by atomic mass is 10.1. The summed E-state index contributed by atoms with van der Waals surface area (Å²) < 4.78 is 0. The summed E-state index contributed by atoms with van der Waals surface area (Å²) in [7, 11) is 0. The molecule has 1 amide bonds. The van der Waals surface area contributed by atoms with E-state index in [0.717, 1.165) is 17.7 Å². The van der Waals surface area contributed by atoms with Gasteiger partial charge in [0.15, 0.2) is 0 Å². The average Bonchev–Trinajstić information content (AvgIpc) is 2.93. The van der Waals surface area contributed by atoms with Crippen LogP contribution < -0.4 is 5.32 Å². The van der Waals surface area contributed by atoms with Crippen LogP contribution in [-0.2, 0) is 0 Å². The first-order chi connectivity index (χ1) is 10.2.